The second-order valence-electron chi connectivity index (χ2n) is 5.53. The summed E-state index contributed by atoms with van der Waals surface area (Å²) in [6, 6.07) is 3.07. The van der Waals surface area contributed by atoms with Gasteiger partial charge in [0.2, 0.25) is 0 Å². The Hall–Kier alpha value is -1.69. The van der Waals surface area contributed by atoms with Crippen LogP contribution in [0, 0.1) is 19.8 Å². The first-order chi connectivity index (χ1) is 9.88. The van der Waals surface area contributed by atoms with Crippen LogP contribution in [0.1, 0.15) is 34.3 Å². The van der Waals surface area contributed by atoms with Gasteiger partial charge in [-0.15, -0.1) is 0 Å². The minimum absolute atomic E-state index is 0.0161. The Bertz CT molecular complexity index is 507. The van der Waals surface area contributed by atoms with Crippen LogP contribution in [0.5, 0.6) is 5.75 Å². The van der Waals surface area contributed by atoms with Crippen molar-refractivity contribution in [3.8, 4) is 5.75 Å². The summed E-state index contributed by atoms with van der Waals surface area (Å²) in [5, 5.41) is 2.78. The monoisotopic (exact) mass is 298 g/mol. The number of nitrogens with one attached hydrogen (secondary N) is 1. The van der Waals surface area contributed by atoms with Crippen LogP contribution in [0.3, 0.4) is 0 Å². The van der Waals surface area contributed by atoms with Crippen LogP contribution in [0.4, 0.5) is 8.78 Å². The second-order valence-corrected chi connectivity index (χ2v) is 5.53. The van der Waals surface area contributed by atoms with Crippen molar-refractivity contribution >= 4 is 5.91 Å². The fourth-order valence-corrected chi connectivity index (χ4v) is 2.36. The molecule has 1 aromatic rings. The summed E-state index contributed by atoms with van der Waals surface area (Å²) in [6.45, 7) is 0.824. The number of aryl methyl sites for hydroxylation is 2. The summed E-state index contributed by atoms with van der Waals surface area (Å²) in [5.74, 6) is 0.382. The van der Waals surface area contributed by atoms with Gasteiger partial charge in [-0.1, -0.05) is 0 Å². The van der Waals surface area contributed by atoms with Gasteiger partial charge in [0.05, 0.1) is 0 Å². The molecule has 0 spiro atoms. The molecule has 0 radical (unpaired) electrons. The van der Waals surface area contributed by atoms with Gasteiger partial charge in [-0.2, -0.15) is 8.78 Å². The first kappa shape index (κ1) is 15.7. The molecule has 1 saturated carbocycles. The van der Waals surface area contributed by atoms with E-state index in [1.807, 2.05) is 0 Å². The first-order valence-corrected chi connectivity index (χ1v) is 6.98. The van der Waals surface area contributed by atoms with Gasteiger partial charge >= 0.3 is 6.61 Å². The average molecular weight is 298 g/mol. The Kier molecular flexibility index (Phi) is 4.77. The number of nitrogens with two attached hydrogens (primary N) is 1. The van der Waals surface area contributed by atoms with Gasteiger partial charge in [-0.25, -0.2) is 0 Å². The number of carbonyl (C=O) groups excluding carboxylic acids is 1. The highest BCUT2D eigenvalue weighted by atomic mass is 19.3. The lowest BCUT2D eigenvalue weighted by Crippen LogP contribution is -2.38. The Morgan fingerprint density at radius 2 is 1.95 bits per heavy atom. The number of benzene rings is 1. The average Bonchev–Trinajstić information content (AvgIpc) is 3.23. The van der Waals surface area contributed by atoms with Crippen molar-refractivity contribution in [2.24, 2.45) is 11.7 Å². The van der Waals surface area contributed by atoms with Crippen LogP contribution in [-0.4, -0.2) is 25.1 Å². The summed E-state index contributed by atoms with van der Waals surface area (Å²) >= 11 is 0. The molecule has 1 atom stereocenters. The zero-order valence-electron chi connectivity index (χ0n) is 12.2. The Labute approximate surface area is 122 Å². The zero-order valence-corrected chi connectivity index (χ0v) is 12.2. The van der Waals surface area contributed by atoms with Gasteiger partial charge in [0, 0.05) is 18.2 Å². The quantitative estimate of drug-likeness (QED) is 0.847. The lowest BCUT2D eigenvalue weighted by molar-refractivity contribution is -0.0507. The lowest BCUT2D eigenvalue weighted by Gasteiger charge is -2.15. The van der Waals surface area contributed by atoms with Gasteiger partial charge in [0.25, 0.3) is 5.91 Å². The van der Waals surface area contributed by atoms with Crippen LogP contribution in [-0.2, 0) is 0 Å². The topological polar surface area (TPSA) is 64.4 Å². The fourth-order valence-electron chi connectivity index (χ4n) is 2.36. The fraction of sp³-hybridized carbons (Fsp3) is 0.533. The van der Waals surface area contributed by atoms with Crippen molar-refractivity contribution < 1.29 is 18.3 Å². The van der Waals surface area contributed by atoms with Crippen molar-refractivity contribution in [2.75, 3.05) is 6.54 Å². The molecule has 0 aliphatic heterocycles. The molecule has 0 heterocycles. The molecule has 2 rings (SSSR count). The van der Waals surface area contributed by atoms with Crippen LogP contribution in [0.25, 0.3) is 0 Å². The van der Waals surface area contributed by atoms with E-state index in [2.05, 4.69) is 10.1 Å². The van der Waals surface area contributed by atoms with Gasteiger partial charge < -0.3 is 15.8 Å². The maximum atomic E-state index is 12.3. The lowest BCUT2D eigenvalue weighted by atomic mass is 10.0. The molecule has 3 N–H and O–H groups in total. The molecule has 0 saturated heterocycles. The number of carbonyl (C=O) groups is 1. The Morgan fingerprint density at radius 1 is 1.38 bits per heavy atom. The summed E-state index contributed by atoms with van der Waals surface area (Å²) < 4.78 is 29.1. The molecular weight excluding hydrogens is 278 g/mol. The van der Waals surface area contributed by atoms with Crippen molar-refractivity contribution in [3.63, 3.8) is 0 Å². The van der Waals surface area contributed by atoms with E-state index in [1.54, 1.807) is 26.0 Å². The van der Waals surface area contributed by atoms with Crippen molar-refractivity contribution in [1.29, 1.82) is 0 Å². The number of alkyl halides is 2. The third-order valence-corrected chi connectivity index (χ3v) is 3.66. The van der Waals surface area contributed by atoms with E-state index in [-0.39, 0.29) is 17.7 Å². The number of rotatable bonds is 6. The largest absolute Gasteiger partial charge is 0.434 e. The summed E-state index contributed by atoms with van der Waals surface area (Å²) in [6.07, 6.45) is 2.24. The molecule has 4 nitrogen and oxygen atoms in total. The van der Waals surface area contributed by atoms with Crippen molar-refractivity contribution in [2.45, 2.75) is 39.3 Å². The second kappa shape index (κ2) is 6.39. The van der Waals surface area contributed by atoms with Gasteiger partial charge in [0.1, 0.15) is 5.75 Å². The number of halogens is 2. The van der Waals surface area contributed by atoms with Gasteiger partial charge in [-0.3, -0.25) is 4.79 Å². The van der Waals surface area contributed by atoms with E-state index in [9.17, 15) is 13.6 Å². The molecule has 1 unspecified atom stereocenters. The standard InChI is InChI=1S/C15H20F2N2O2/c1-8-5-11(6-9(2)13(8)21-15(16)17)14(20)19-7-12(18)10-3-4-10/h5-6,10,12,15H,3-4,7,18H2,1-2H3,(H,19,20). The van der Waals surface area contributed by atoms with E-state index in [0.29, 0.717) is 29.2 Å². The normalized spacial score (nSPS) is 15.9. The Balaban J connectivity index is 2.03. The highest BCUT2D eigenvalue weighted by Gasteiger charge is 2.28. The summed E-state index contributed by atoms with van der Waals surface area (Å²) in [5.41, 5.74) is 7.36. The highest BCUT2D eigenvalue weighted by Crippen LogP contribution is 2.31. The van der Waals surface area contributed by atoms with E-state index in [0.717, 1.165) is 12.8 Å². The molecule has 21 heavy (non-hydrogen) atoms. The predicted octanol–water partition coefficient (Wildman–Crippen LogP) is 2.37. The molecule has 1 aliphatic rings. The third-order valence-electron chi connectivity index (χ3n) is 3.66. The molecule has 1 fully saturated rings. The zero-order chi connectivity index (χ0) is 15.6. The SMILES string of the molecule is Cc1cc(C(=O)NCC(N)C2CC2)cc(C)c1OC(F)F. The number of ether oxygens (including phenoxy) is 1. The van der Waals surface area contributed by atoms with E-state index < -0.39 is 6.61 Å². The number of hydrogen-bond acceptors (Lipinski definition) is 3. The van der Waals surface area contributed by atoms with Crippen molar-refractivity contribution in [3.05, 3.63) is 28.8 Å². The highest BCUT2D eigenvalue weighted by molar-refractivity contribution is 5.94. The Morgan fingerprint density at radius 3 is 2.43 bits per heavy atom. The summed E-state index contributed by atoms with van der Waals surface area (Å²) in [4.78, 5) is 12.1. The molecule has 0 aromatic heterocycles. The van der Waals surface area contributed by atoms with Gasteiger partial charge in [-0.05, 0) is 55.9 Å². The molecule has 1 amide bonds. The van der Waals surface area contributed by atoms with E-state index in [4.69, 9.17) is 5.73 Å². The van der Waals surface area contributed by atoms with E-state index in [1.165, 1.54) is 0 Å². The van der Waals surface area contributed by atoms with Crippen LogP contribution >= 0.6 is 0 Å². The maximum Gasteiger partial charge on any atom is 0.387 e. The van der Waals surface area contributed by atoms with E-state index >= 15 is 0 Å². The predicted molar refractivity (Wildman–Crippen MR) is 75.6 cm³/mol. The molecular formula is C15H20F2N2O2. The molecule has 0 bridgehead atoms. The van der Waals surface area contributed by atoms with Crippen LogP contribution in [0.15, 0.2) is 12.1 Å². The third kappa shape index (κ3) is 4.14. The minimum Gasteiger partial charge on any atom is -0.434 e. The maximum absolute atomic E-state index is 12.3. The smallest absolute Gasteiger partial charge is 0.387 e. The number of hydrogen-bond donors (Lipinski definition) is 2. The molecule has 1 aromatic carbocycles. The summed E-state index contributed by atoms with van der Waals surface area (Å²) in [7, 11) is 0. The van der Waals surface area contributed by atoms with Crippen LogP contribution < -0.4 is 15.8 Å². The minimum atomic E-state index is -2.88. The van der Waals surface area contributed by atoms with Crippen molar-refractivity contribution in [1.82, 2.24) is 5.32 Å². The molecule has 116 valence electrons. The van der Waals surface area contributed by atoms with Crippen LogP contribution in [0.2, 0.25) is 0 Å². The first-order valence-electron chi connectivity index (χ1n) is 6.98. The molecule has 6 heteroatoms. The number of amides is 1. The molecule has 1 aliphatic carbocycles. The van der Waals surface area contributed by atoms with Gasteiger partial charge in [0.15, 0.2) is 0 Å².